The van der Waals surface area contributed by atoms with Crippen LogP contribution in [0.5, 0.6) is 11.5 Å². The van der Waals surface area contributed by atoms with Gasteiger partial charge >= 0.3 is 0 Å². The molecule has 2 aromatic heterocycles. The molecule has 0 unspecified atom stereocenters. The van der Waals surface area contributed by atoms with Crippen molar-refractivity contribution in [1.82, 2.24) is 10.3 Å². The number of aromatic nitrogens is 1. The SMILES string of the molecule is Nc1ncc(C2=CNCCC2)c2scc(-c3ccc(Oc4ccccc4)cc3)c12. The van der Waals surface area contributed by atoms with Crippen molar-refractivity contribution in [3.8, 4) is 22.6 Å². The molecule has 0 amide bonds. The van der Waals surface area contributed by atoms with Gasteiger partial charge in [-0.1, -0.05) is 30.3 Å². The number of nitrogen functional groups attached to an aromatic ring is 1. The van der Waals surface area contributed by atoms with Crippen molar-refractivity contribution in [2.24, 2.45) is 0 Å². The summed E-state index contributed by atoms with van der Waals surface area (Å²) in [4.78, 5) is 4.51. The Morgan fingerprint density at radius 2 is 1.76 bits per heavy atom. The van der Waals surface area contributed by atoms with Crippen LogP contribution in [0.15, 0.2) is 72.4 Å². The molecule has 29 heavy (non-hydrogen) atoms. The molecule has 2 aromatic carbocycles. The second-order valence-corrected chi connectivity index (χ2v) is 7.96. The van der Waals surface area contributed by atoms with Crippen LogP contribution >= 0.6 is 11.3 Å². The first-order valence-corrected chi connectivity index (χ1v) is 10.6. The van der Waals surface area contributed by atoms with E-state index < -0.39 is 0 Å². The van der Waals surface area contributed by atoms with E-state index in [1.165, 1.54) is 15.8 Å². The van der Waals surface area contributed by atoms with Crippen LogP contribution in [0.3, 0.4) is 0 Å². The fourth-order valence-electron chi connectivity index (χ4n) is 3.70. The number of para-hydroxylation sites is 1. The Labute approximate surface area is 173 Å². The van der Waals surface area contributed by atoms with Gasteiger partial charge in [0.25, 0.3) is 0 Å². The lowest BCUT2D eigenvalue weighted by molar-refractivity contribution is 0.483. The molecule has 0 aliphatic carbocycles. The summed E-state index contributed by atoms with van der Waals surface area (Å²) in [6.07, 6.45) is 6.23. The molecule has 0 saturated heterocycles. The van der Waals surface area contributed by atoms with Crippen LogP contribution < -0.4 is 15.8 Å². The van der Waals surface area contributed by atoms with Gasteiger partial charge < -0.3 is 15.8 Å². The predicted octanol–water partition coefficient (Wildman–Crippen LogP) is 6.06. The molecule has 4 aromatic rings. The molecule has 3 heterocycles. The number of nitrogens with zero attached hydrogens (tertiary/aromatic N) is 1. The molecular formula is C24H21N3OS. The summed E-state index contributed by atoms with van der Waals surface area (Å²) in [7, 11) is 0. The molecular weight excluding hydrogens is 378 g/mol. The van der Waals surface area contributed by atoms with Crippen LogP contribution in [-0.2, 0) is 0 Å². The van der Waals surface area contributed by atoms with Crippen LogP contribution in [-0.4, -0.2) is 11.5 Å². The molecule has 0 fully saturated rings. The van der Waals surface area contributed by atoms with E-state index in [2.05, 4.69) is 34.0 Å². The van der Waals surface area contributed by atoms with Crippen molar-refractivity contribution in [1.29, 1.82) is 0 Å². The minimum absolute atomic E-state index is 0.578. The average molecular weight is 400 g/mol. The van der Waals surface area contributed by atoms with E-state index in [4.69, 9.17) is 10.5 Å². The molecule has 0 spiro atoms. The predicted molar refractivity (Wildman–Crippen MR) is 121 cm³/mol. The Morgan fingerprint density at radius 1 is 0.966 bits per heavy atom. The van der Waals surface area contributed by atoms with Gasteiger partial charge in [0.15, 0.2) is 0 Å². The summed E-state index contributed by atoms with van der Waals surface area (Å²) < 4.78 is 7.11. The number of ether oxygens (including phenoxy) is 1. The molecule has 1 aliphatic heterocycles. The van der Waals surface area contributed by atoms with Crippen LogP contribution in [0, 0.1) is 0 Å². The van der Waals surface area contributed by atoms with Crippen molar-refractivity contribution in [3.05, 3.63) is 77.9 Å². The number of nitrogens with two attached hydrogens (primary N) is 1. The van der Waals surface area contributed by atoms with Gasteiger partial charge in [-0.05, 0) is 53.6 Å². The number of benzene rings is 2. The Kier molecular flexibility index (Phi) is 4.66. The topological polar surface area (TPSA) is 60.2 Å². The Bertz CT molecular complexity index is 1180. The molecule has 0 radical (unpaired) electrons. The molecule has 3 N–H and O–H groups in total. The number of nitrogens with one attached hydrogen (secondary N) is 1. The van der Waals surface area contributed by atoms with Crippen molar-refractivity contribution in [2.75, 3.05) is 12.3 Å². The van der Waals surface area contributed by atoms with Crippen molar-refractivity contribution in [3.63, 3.8) is 0 Å². The van der Waals surface area contributed by atoms with E-state index in [-0.39, 0.29) is 0 Å². The summed E-state index contributed by atoms with van der Waals surface area (Å²) in [5.74, 6) is 2.22. The van der Waals surface area contributed by atoms with Gasteiger partial charge in [-0.15, -0.1) is 11.3 Å². The Morgan fingerprint density at radius 3 is 2.52 bits per heavy atom. The standard InChI is InChI=1S/C24H21N3OS/c25-24-22-21(15-29-23(22)20(14-27-24)17-5-4-12-26-13-17)16-8-10-19(11-9-16)28-18-6-2-1-3-7-18/h1-3,6-11,13-15,26H,4-5,12H2,(H2,25,27). The normalized spacial score (nSPS) is 13.7. The van der Waals surface area contributed by atoms with Gasteiger partial charge in [0.1, 0.15) is 17.3 Å². The largest absolute Gasteiger partial charge is 0.457 e. The lowest BCUT2D eigenvalue weighted by Crippen LogP contribution is -2.13. The first-order valence-electron chi connectivity index (χ1n) is 9.71. The van der Waals surface area contributed by atoms with Crippen molar-refractivity contribution >= 4 is 32.8 Å². The maximum Gasteiger partial charge on any atom is 0.132 e. The summed E-state index contributed by atoms with van der Waals surface area (Å²) in [6, 6.07) is 17.9. The number of anilines is 1. The smallest absolute Gasteiger partial charge is 0.132 e. The van der Waals surface area contributed by atoms with E-state index >= 15 is 0 Å². The second kappa shape index (κ2) is 7.60. The third-order valence-electron chi connectivity index (χ3n) is 5.16. The van der Waals surface area contributed by atoms with E-state index in [1.807, 2.05) is 48.7 Å². The first-order chi connectivity index (χ1) is 14.3. The van der Waals surface area contributed by atoms with E-state index in [0.29, 0.717) is 5.82 Å². The molecule has 144 valence electrons. The molecule has 1 aliphatic rings. The Balaban J connectivity index is 1.51. The van der Waals surface area contributed by atoms with E-state index in [1.54, 1.807) is 11.3 Å². The third kappa shape index (κ3) is 3.45. The average Bonchev–Trinajstić information content (AvgIpc) is 3.22. The van der Waals surface area contributed by atoms with E-state index in [9.17, 15) is 0 Å². The summed E-state index contributed by atoms with van der Waals surface area (Å²) in [5, 5.41) is 6.56. The van der Waals surface area contributed by atoms with Crippen LogP contribution in [0.1, 0.15) is 18.4 Å². The molecule has 5 heteroatoms. The molecule has 0 bridgehead atoms. The highest BCUT2D eigenvalue weighted by Crippen LogP contribution is 2.41. The third-order valence-corrected chi connectivity index (χ3v) is 6.17. The molecule has 5 rings (SSSR count). The minimum atomic E-state index is 0.578. The highest BCUT2D eigenvalue weighted by molar-refractivity contribution is 7.18. The summed E-state index contributed by atoms with van der Waals surface area (Å²) >= 11 is 1.73. The number of allylic oxidation sites excluding steroid dienone is 1. The van der Waals surface area contributed by atoms with Gasteiger partial charge in [-0.2, -0.15) is 0 Å². The van der Waals surface area contributed by atoms with Crippen molar-refractivity contribution < 1.29 is 4.74 Å². The number of hydrogen-bond acceptors (Lipinski definition) is 5. The molecule has 0 saturated carbocycles. The van der Waals surface area contributed by atoms with Gasteiger partial charge in [0, 0.05) is 40.2 Å². The van der Waals surface area contributed by atoms with Gasteiger partial charge in [-0.25, -0.2) is 4.98 Å². The highest BCUT2D eigenvalue weighted by Gasteiger charge is 2.17. The number of hydrogen-bond donors (Lipinski definition) is 2. The zero-order valence-electron chi connectivity index (χ0n) is 15.9. The maximum atomic E-state index is 6.31. The number of rotatable bonds is 4. The fraction of sp³-hybridized carbons (Fsp3) is 0.125. The van der Waals surface area contributed by atoms with Crippen LogP contribution in [0.25, 0.3) is 26.8 Å². The highest BCUT2D eigenvalue weighted by atomic mass is 32.1. The van der Waals surface area contributed by atoms with Gasteiger partial charge in [-0.3, -0.25) is 0 Å². The quantitative estimate of drug-likeness (QED) is 0.438. The summed E-state index contributed by atoms with van der Waals surface area (Å²) in [5.41, 5.74) is 11.0. The zero-order valence-corrected chi connectivity index (χ0v) is 16.7. The zero-order chi connectivity index (χ0) is 19.6. The lowest BCUT2D eigenvalue weighted by atomic mass is 9.98. The first kappa shape index (κ1) is 17.8. The molecule has 4 nitrogen and oxygen atoms in total. The maximum absolute atomic E-state index is 6.31. The molecule has 0 atom stereocenters. The second-order valence-electron chi connectivity index (χ2n) is 7.08. The fourth-order valence-corrected chi connectivity index (χ4v) is 4.83. The number of thiophene rings is 1. The Hall–Kier alpha value is -3.31. The number of pyridine rings is 1. The minimum Gasteiger partial charge on any atom is -0.457 e. The van der Waals surface area contributed by atoms with Gasteiger partial charge in [0.2, 0.25) is 0 Å². The lowest BCUT2D eigenvalue weighted by Gasteiger charge is -2.15. The monoisotopic (exact) mass is 399 g/mol. The number of fused-ring (bicyclic) bond motifs is 1. The summed E-state index contributed by atoms with van der Waals surface area (Å²) in [6.45, 7) is 1.03. The van der Waals surface area contributed by atoms with Crippen LogP contribution in [0.2, 0.25) is 0 Å². The van der Waals surface area contributed by atoms with Crippen LogP contribution in [0.4, 0.5) is 5.82 Å². The van der Waals surface area contributed by atoms with E-state index in [0.717, 1.165) is 47.4 Å². The van der Waals surface area contributed by atoms with Gasteiger partial charge in [0.05, 0.1) is 0 Å². The van der Waals surface area contributed by atoms with Crippen molar-refractivity contribution in [2.45, 2.75) is 12.8 Å².